The molecule has 1 atom stereocenters. The number of aryl methyl sites for hydroxylation is 1. The molecule has 0 amide bonds. The summed E-state index contributed by atoms with van der Waals surface area (Å²) in [5.74, 6) is 1.18. The lowest BCUT2D eigenvalue weighted by Crippen LogP contribution is -2.09. The van der Waals surface area contributed by atoms with Gasteiger partial charge >= 0.3 is 0 Å². The zero-order chi connectivity index (χ0) is 14.4. The second-order valence-electron chi connectivity index (χ2n) is 4.76. The first-order valence-electron chi connectivity index (χ1n) is 6.87. The molecule has 2 heterocycles. The van der Waals surface area contributed by atoms with E-state index in [-0.39, 0.29) is 5.82 Å². The molecule has 108 valence electrons. The lowest BCUT2D eigenvalue weighted by atomic mass is 9.97. The number of halogens is 1. The molecule has 2 N–H and O–H groups in total. The van der Waals surface area contributed by atoms with E-state index in [0.717, 1.165) is 31.9 Å². The predicted octanol–water partition coefficient (Wildman–Crippen LogP) is 2.58. The van der Waals surface area contributed by atoms with Crippen molar-refractivity contribution in [2.24, 2.45) is 11.7 Å². The molecule has 0 radical (unpaired) electrons. The number of hydrogen-bond acceptors (Lipinski definition) is 5. The molecule has 0 saturated heterocycles. The van der Waals surface area contributed by atoms with Crippen molar-refractivity contribution in [1.29, 1.82) is 0 Å². The van der Waals surface area contributed by atoms with Crippen LogP contribution in [0.2, 0.25) is 0 Å². The number of hydrogen-bond donors (Lipinski definition) is 1. The third-order valence-electron chi connectivity index (χ3n) is 3.34. The van der Waals surface area contributed by atoms with Gasteiger partial charge in [-0.15, -0.1) is 0 Å². The summed E-state index contributed by atoms with van der Waals surface area (Å²) in [6.45, 7) is 2.86. The van der Waals surface area contributed by atoms with Gasteiger partial charge in [0.1, 0.15) is 11.5 Å². The quantitative estimate of drug-likeness (QED) is 0.842. The normalized spacial score (nSPS) is 12.6. The molecule has 0 saturated carbocycles. The molecular formula is C14H19FN4O. The van der Waals surface area contributed by atoms with E-state index < -0.39 is 0 Å². The van der Waals surface area contributed by atoms with Gasteiger partial charge in [-0.2, -0.15) is 4.98 Å². The average Bonchev–Trinajstić information content (AvgIpc) is 2.93. The molecule has 2 aromatic heterocycles. The number of pyridine rings is 1. The van der Waals surface area contributed by atoms with Crippen LogP contribution in [0.1, 0.15) is 32.1 Å². The average molecular weight is 278 g/mol. The first kappa shape index (κ1) is 14.6. The van der Waals surface area contributed by atoms with Gasteiger partial charge in [-0.3, -0.25) is 0 Å². The lowest BCUT2D eigenvalue weighted by Gasteiger charge is -2.11. The van der Waals surface area contributed by atoms with Gasteiger partial charge in [0.05, 0.1) is 6.20 Å². The van der Waals surface area contributed by atoms with Gasteiger partial charge in [-0.25, -0.2) is 9.37 Å². The molecule has 0 aliphatic rings. The maximum Gasteiger partial charge on any atom is 0.227 e. The van der Waals surface area contributed by atoms with E-state index in [4.69, 9.17) is 10.3 Å². The van der Waals surface area contributed by atoms with Crippen LogP contribution in [0.4, 0.5) is 4.39 Å². The van der Waals surface area contributed by atoms with Gasteiger partial charge in [-0.05, 0) is 37.4 Å². The minimum Gasteiger partial charge on any atom is -0.339 e. The third kappa shape index (κ3) is 3.84. The van der Waals surface area contributed by atoms with E-state index in [1.807, 2.05) is 0 Å². The molecular weight excluding hydrogens is 259 g/mol. The van der Waals surface area contributed by atoms with Crippen molar-refractivity contribution in [2.75, 3.05) is 6.54 Å². The van der Waals surface area contributed by atoms with Gasteiger partial charge in [-0.1, -0.05) is 18.5 Å². The summed E-state index contributed by atoms with van der Waals surface area (Å²) in [5, 5.41) is 3.87. The summed E-state index contributed by atoms with van der Waals surface area (Å²) in [6, 6.07) is 2.86. The first-order valence-corrected chi connectivity index (χ1v) is 6.87. The lowest BCUT2D eigenvalue weighted by molar-refractivity contribution is 0.354. The molecule has 0 fully saturated rings. The Bertz CT molecular complexity index is 526. The van der Waals surface area contributed by atoms with Crippen molar-refractivity contribution in [2.45, 2.75) is 32.6 Å². The molecule has 2 aromatic rings. The summed E-state index contributed by atoms with van der Waals surface area (Å²) in [7, 11) is 0. The van der Waals surface area contributed by atoms with Crippen LogP contribution in [0.25, 0.3) is 11.5 Å². The highest BCUT2D eigenvalue weighted by atomic mass is 19.1. The largest absolute Gasteiger partial charge is 0.339 e. The van der Waals surface area contributed by atoms with E-state index in [0.29, 0.717) is 29.9 Å². The maximum atomic E-state index is 12.8. The van der Waals surface area contributed by atoms with Crippen LogP contribution in [0.5, 0.6) is 0 Å². The second-order valence-corrected chi connectivity index (χ2v) is 4.76. The molecule has 0 aliphatic heterocycles. The fourth-order valence-electron chi connectivity index (χ4n) is 2.08. The zero-order valence-electron chi connectivity index (χ0n) is 11.6. The third-order valence-corrected chi connectivity index (χ3v) is 3.34. The van der Waals surface area contributed by atoms with Crippen LogP contribution in [0.3, 0.4) is 0 Å². The molecule has 1 unspecified atom stereocenters. The Morgan fingerprint density at radius 3 is 2.85 bits per heavy atom. The standard InChI is InChI=1S/C14H19FN4O/c1-2-10(7-8-16)3-6-13-18-14(19-20-13)12-5-4-11(15)9-17-12/h4-5,9-10H,2-3,6-8,16H2,1H3. The van der Waals surface area contributed by atoms with Crippen molar-refractivity contribution < 1.29 is 8.91 Å². The van der Waals surface area contributed by atoms with Crippen LogP contribution in [0, 0.1) is 11.7 Å². The molecule has 0 bridgehead atoms. The molecule has 2 rings (SSSR count). The summed E-state index contributed by atoms with van der Waals surface area (Å²) < 4.78 is 18.0. The smallest absolute Gasteiger partial charge is 0.227 e. The van der Waals surface area contributed by atoms with E-state index >= 15 is 0 Å². The highest BCUT2D eigenvalue weighted by molar-refractivity contribution is 5.47. The number of nitrogens with two attached hydrogens (primary N) is 1. The molecule has 5 nitrogen and oxygen atoms in total. The monoisotopic (exact) mass is 278 g/mol. The molecule has 20 heavy (non-hydrogen) atoms. The van der Waals surface area contributed by atoms with Crippen LogP contribution >= 0.6 is 0 Å². The van der Waals surface area contributed by atoms with Crippen LogP contribution < -0.4 is 5.73 Å². The van der Waals surface area contributed by atoms with Crippen LogP contribution in [-0.4, -0.2) is 21.7 Å². The van der Waals surface area contributed by atoms with Gasteiger partial charge in [0.15, 0.2) is 0 Å². The molecule has 6 heteroatoms. The van der Waals surface area contributed by atoms with Gasteiger partial charge in [0.25, 0.3) is 0 Å². The Balaban J connectivity index is 1.96. The SMILES string of the molecule is CCC(CCN)CCc1nc(-c2ccc(F)cn2)no1. The summed E-state index contributed by atoms with van der Waals surface area (Å²) >= 11 is 0. The van der Waals surface area contributed by atoms with Crippen molar-refractivity contribution in [3.8, 4) is 11.5 Å². The molecule has 0 spiro atoms. The van der Waals surface area contributed by atoms with E-state index in [1.165, 1.54) is 12.1 Å². The number of rotatable bonds is 7. The van der Waals surface area contributed by atoms with Gasteiger partial charge in [0, 0.05) is 6.42 Å². The Kier molecular flexibility index (Phi) is 5.17. The number of nitrogens with zero attached hydrogens (tertiary/aromatic N) is 3. The van der Waals surface area contributed by atoms with E-state index in [2.05, 4.69) is 22.0 Å². The molecule has 0 aromatic carbocycles. The second kappa shape index (κ2) is 7.09. The summed E-state index contributed by atoms with van der Waals surface area (Å²) in [4.78, 5) is 8.21. The Hall–Kier alpha value is -1.82. The van der Waals surface area contributed by atoms with Gasteiger partial charge < -0.3 is 10.3 Å². The maximum absolute atomic E-state index is 12.8. The minimum atomic E-state index is -0.384. The Morgan fingerprint density at radius 2 is 2.20 bits per heavy atom. The topological polar surface area (TPSA) is 77.8 Å². The van der Waals surface area contributed by atoms with E-state index in [9.17, 15) is 4.39 Å². The fraction of sp³-hybridized carbons (Fsp3) is 0.500. The molecule has 0 aliphatic carbocycles. The zero-order valence-corrected chi connectivity index (χ0v) is 11.6. The first-order chi connectivity index (χ1) is 9.72. The van der Waals surface area contributed by atoms with Crippen molar-refractivity contribution >= 4 is 0 Å². The fourth-order valence-corrected chi connectivity index (χ4v) is 2.08. The van der Waals surface area contributed by atoms with Crippen molar-refractivity contribution in [1.82, 2.24) is 15.1 Å². The van der Waals surface area contributed by atoms with Crippen molar-refractivity contribution in [3.05, 3.63) is 30.0 Å². The highest BCUT2D eigenvalue weighted by Gasteiger charge is 2.12. The summed E-state index contributed by atoms with van der Waals surface area (Å²) in [6.07, 6.45) is 4.95. The Morgan fingerprint density at radius 1 is 1.35 bits per heavy atom. The highest BCUT2D eigenvalue weighted by Crippen LogP contribution is 2.17. The summed E-state index contributed by atoms with van der Waals surface area (Å²) in [5.41, 5.74) is 6.09. The van der Waals surface area contributed by atoms with Crippen molar-refractivity contribution in [3.63, 3.8) is 0 Å². The Labute approximate surface area is 117 Å². The van der Waals surface area contributed by atoms with Crippen LogP contribution in [-0.2, 0) is 6.42 Å². The van der Waals surface area contributed by atoms with Crippen LogP contribution in [0.15, 0.2) is 22.9 Å². The number of aromatic nitrogens is 3. The predicted molar refractivity (Wildman–Crippen MR) is 73.3 cm³/mol. The van der Waals surface area contributed by atoms with E-state index in [1.54, 1.807) is 0 Å². The minimum absolute atomic E-state index is 0.384. The van der Waals surface area contributed by atoms with Gasteiger partial charge in [0.2, 0.25) is 11.7 Å².